The van der Waals surface area contributed by atoms with Crippen LogP contribution in [-0.2, 0) is 0 Å². The number of benzene rings is 3. The molecular formula is C17H12BrF. The van der Waals surface area contributed by atoms with Crippen LogP contribution in [-0.4, -0.2) is 0 Å². The van der Waals surface area contributed by atoms with Crippen molar-refractivity contribution < 1.29 is 4.39 Å². The van der Waals surface area contributed by atoms with Gasteiger partial charge in [-0.15, -0.1) is 0 Å². The van der Waals surface area contributed by atoms with Crippen LogP contribution in [0.15, 0.2) is 66.7 Å². The van der Waals surface area contributed by atoms with Crippen molar-refractivity contribution in [3.8, 4) is 0 Å². The number of hydrogen-bond donors (Lipinski definition) is 0. The van der Waals surface area contributed by atoms with E-state index in [2.05, 4.69) is 46.3 Å². The highest BCUT2D eigenvalue weighted by Crippen LogP contribution is 2.32. The second kappa shape index (κ2) is 5.14. The summed E-state index contributed by atoms with van der Waals surface area (Å²) in [7, 11) is 0. The number of hydrogen-bond acceptors (Lipinski definition) is 0. The molecule has 0 N–H and O–H groups in total. The molecule has 3 rings (SSSR count). The standard InChI is InChI=1S/C17H12BrF/c18-17(13-7-9-16(19)10-8-13)15-6-5-12-3-1-2-4-14(12)11-15/h1-11,17H. The third kappa shape index (κ3) is 2.54. The summed E-state index contributed by atoms with van der Waals surface area (Å²) in [6.45, 7) is 0. The fourth-order valence-corrected chi connectivity index (χ4v) is 2.78. The summed E-state index contributed by atoms with van der Waals surface area (Å²) in [6, 6.07) is 21.2. The van der Waals surface area contributed by atoms with E-state index in [1.54, 1.807) is 0 Å². The van der Waals surface area contributed by atoms with Gasteiger partial charge in [0.1, 0.15) is 5.82 Å². The molecule has 0 spiro atoms. The number of rotatable bonds is 2. The molecule has 0 bridgehead atoms. The normalized spacial score (nSPS) is 12.5. The first kappa shape index (κ1) is 12.4. The maximum absolute atomic E-state index is 12.9. The molecule has 1 atom stereocenters. The lowest BCUT2D eigenvalue weighted by Gasteiger charge is -2.11. The first-order chi connectivity index (χ1) is 9.24. The molecule has 94 valence electrons. The van der Waals surface area contributed by atoms with Crippen molar-refractivity contribution in [2.24, 2.45) is 0 Å². The van der Waals surface area contributed by atoms with Gasteiger partial charge in [-0.1, -0.05) is 64.5 Å². The number of halogens is 2. The first-order valence-electron chi connectivity index (χ1n) is 6.12. The van der Waals surface area contributed by atoms with E-state index in [1.807, 2.05) is 24.3 Å². The highest BCUT2D eigenvalue weighted by Gasteiger charge is 2.10. The predicted octanol–water partition coefficient (Wildman–Crippen LogP) is 5.46. The average Bonchev–Trinajstić information content (AvgIpc) is 2.47. The van der Waals surface area contributed by atoms with E-state index in [-0.39, 0.29) is 10.6 Å². The first-order valence-corrected chi connectivity index (χ1v) is 7.04. The Morgan fingerprint density at radius 2 is 1.37 bits per heavy atom. The fraction of sp³-hybridized carbons (Fsp3) is 0.0588. The summed E-state index contributed by atoms with van der Waals surface area (Å²) in [5, 5.41) is 2.44. The lowest BCUT2D eigenvalue weighted by molar-refractivity contribution is 0.627. The highest BCUT2D eigenvalue weighted by atomic mass is 79.9. The van der Waals surface area contributed by atoms with Crippen LogP contribution >= 0.6 is 15.9 Å². The summed E-state index contributed by atoms with van der Waals surface area (Å²) in [6.07, 6.45) is 0. The molecule has 0 amide bonds. The van der Waals surface area contributed by atoms with Crippen molar-refractivity contribution in [3.63, 3.8) is 0 Å². The van der Waals surface area contributed by atoms with Crippen LogP contribution < -0.4 is 0 Å². The van der Waals surface area contributed by atoms with Crippen molar-refractivity contribution in [1.29, 1.82) is 0 Å². The van der Waals surface area contributed by atoms with Gasteiger partial charge >= 0.3 is 0 Å². The molecule has 3 aromatic rings. The highest BCUT2D eigenvalue weighted by molar-refractivity contribution is 9.09. The monoisotopic (exact) mass is 314 g/mol. The van der Waals surface area contributed by atoms with Gasteiger partial charge in [0.25, 0.3) is 0 Å². The zero-order valence-corrected chi connectivity index (χ0v) is 11.8. The molecule has 0 aliphatic rings. The van der Waals surface area contributed by atoms with Crippen LogP contribution in [0, 0.1) is 5.82 Å². The third-order valence-electron chi connectivity index (χ3n) is 3.23. The van der Waals surface area contributed by atoms with Crippen molar-refractivity contribution in [2.45, 2.75) is 4.83 Å². The van der Waals surface area contributed by atoms with Gasteiger partial charge in [0.15, 0.2) is 0 Å². The van der Waals surface area contributed by atoms with E-state index >= 15 is 0 Å². The SMILES string of the molecule is Fc1ccc(C(Br)c2ccc3ccccc3c2)cc1. The smallest absolute Gasteiger partial charge is 0.123 e. The zero-order chi connectivity index (χ0) is 13.2. The minimum absolute atomic E-state index is 0.0812. The Balaban J connectivity index is 2.01. The van der Waals surface area contributed by atoms with E-state index in [0.29, 0.717) is 0 Å². The third-order valence-corrected chi connectivity index (χ3v) is 4.29. The van der Waals surface area contributed by atoms with Crippen LogP contribution in [0.4, 0.5) is 4.39 Å². The van der Waals surface area contributed by atoms with Crippen molar-refractivity contribution in [3.05, 3.63) is 83.7 Å². The summed E-state index contributed by atoms with van der Waals surface area (Å²) in [5.74, 6) is -0.207. The molecular weight excluding hydrogens is 303 g/mol. The van der Waals surface area contributed by atoms with Gasteiger partial charge in [-0.3, -0.25) is 0 Å². The minimum atomic E-state index is -0.207. The van der Waals surface area contributed by atoms with Gasteiger partial charge in [-0.25, -0.2) is 4.39 Å². The lowest BCUT2D eigenvalue weighted by Crippen LogP contribution is -1.92. The van der Waals surface area contributed by atoms with Crippen molar-refractivity contribution in [1.82, 2.24) is 0 Å². The molecule has 2 heteroatoms. The summed E-state index contributed by atoms with van der Waals surface area (Å²) in [4.78, 5) is 0.0812. The molecule has 0 aliphatic heterocycles. The molecule has 19 heavy (non-hydrogen) atoms. The van der Waals surface area contributed by atoms with Crippen LogP contribution in [0.5, 0.6) is 0 Å². The van der Waals surface area contributed by atoms with Gasteiger partial charge in [0, 0.05) is 0 Å². The molecule has 0 radical (unpaired) electrons. The Kier molecular flexibility index (Phi) is 3.34. The molecule has 3 aromatic carbocycles. The Morgan fingerprint density at radius 3 is 2.11 bits per heavy atom. The lowest BCUT2D eigenvalue weighted by atomic mass is 10.0. The quantitative estimate of drug-likeness (QED) is 0.551. The van der Waals surface area contributed by atoms with E-state index in [0.717, 1.165) is 5.56 Å². The van der Waals surface area contributed by atoms with Gasteiger partial charge < -0.3 is 0 Å². The fourth-order valence-electron chi connectivity index (χ4n) is 2.19. The molecule has 0 aromatic heterocycles. The molecule has 0 saturated heterocycles. The van der Waals surface area contributed by atoms with Gasteiger partial charge in [0.05, 0.1) is 4.83 Å². The summed E-state index contributed by atoms with van der Waals surface area (Å²) < 4.78 is 12.9. The zero-order valence-electron chi connectivity index (χ0n) is 10.2. The number of fused-ring (bicyclic) bond motifs is 1. The Hall–Kier alpha value is -1.67. The summed E-state index contributed by atoms with van der Waals surface area (Å²) in [5.41, 5.74) is 2.22. The molecule has 0 fully saturated rings. The largest absolute Gasteiger partial charge is 0.207 e. The second-order valence-electron chi connectivity index (χ2n) is 4.52. The Morgan fingerprint density at radius 1 is 0.737 bits per heavy atom. The van der Waals surface area contributed by atoms with E-state index in [9.17, 15) is 4.39 Å². The second-order valence-corrected chi connectivity index (χ2v) is 5.44. The average molecular weight is 315 g/mol. The topological polar surface area (TPSA) is 0 Å². The summed E-state index contributed by atoms with van der Waals surface area (Å²) >= 11 is 3.68. The van der Waals surface area contributed by atoms with Crippen LogP contribution in [0.3, 0.4) is 0 Å². The molecule has 0 nitrogen and oxygen atoms in total. The van der Waals surface area contributed by atoms with Gasteiger partial charge in [0.2, 0.25) is 0 Å². The van der Waals surface area contributed by atoms with Crippen molar-refractivity contribution >= 4 is 26.7 Å². The predicted molar refractivity (Wildman–Crippen MR) is 81.1 cm³/mol. The van der Waals surface area contributed by atoms with E-state index in [4.69, 9.17) is 0 Å². The number of alkyl halides is 1. The van der Waals surface area contributed by atoms with Crippen molar-refractivity contribution in [2.75, 3.05) is 0 Å². The van der Waals surface area contributed by atoms with E-state index in [1.165, 1.54) is 28.5 Å². The van der Waals surface area contributed by atoms with Crippen LogP contribution in [0.2, 0.25) is 0 Å². The Bertz CT molecular complexity index is 704. The molecule has 0 aliphatic carbocycles. The maximum Gasteiger partial charge on any atom is 0.123 e. The maximum atomic E-state index is 12.9. The van der Waals surface area contributed by atoms with Crippen LogP contribution in [0.1, 0.15) is 16.0 Å². The minimum Gasteiger partial charge on any atom is -0.207 e. The van der Waals surface area contributed by atoms with Gasteiger partial charge in [-0.2, -0.15) is 0 Å². The molecule has 0 heterocycles. The van der Waals surface area contributed by atoms with E-state index < -0.39 is 0 Å². The molecule has 0 saturated carbocycles. The van der Waals surface area contributed by atoms with Crippen LogP contribution in [0.25, 0.3) is 10.8 Å². The molecule has 1 unspecified atom stereocenters. The van der Waals surface area contributed by atoms with Gasteiger partial charge in [-0.05, 0) is 40.1 Å². The Labute approximate surface area is 120 Å².